The van der Waals surface area contributed by atoms with Crippen molar-refractivity contribution in [3.63, 3.8) is 0 Å². The normalized spacial score (nSPS) is 12.8. The van der Waals surface area contributed by atoms with E-state index >= 15 is 0 Å². The molecule has 120 valence electrons. The number of hydrogen-bond acceptors (Lipinski definition) is 1. The summed E-state index contributed by atoms with van der Waals surface area (Å²) in [5.41, 5.74) is 1.51. The van der Waals surface area contributed by atoms with E-state index in [4.69, 9.17) is 0 Å². The first-order chi connectivity index (χ1) is 10.3. The van der Waals surface area contributed by atoms with Crippen LogP contribution in [0.3, 0.4) is 0 Å². The third-order valence-corrected chi connectivity index (χ3v) is 4.30. The number of rotatable bonds is 12. The van der Waals surface area contributed by atoms with Gasteiger partial charge in [0.25, 0.3) is 0 Å². The van der Waals surface area contributed by atoms with Crippen molar-refractivity contribution in [2.24, 2.45) is 0 Å². The van der Waals surface area contributed by atoms with Gasteiger partial charge in [0.2, 0.25) is 0 Å². The molecule has 1 rings (SSSR count). The molecular formula is C20H35N. The van der Waals surface area contributed by atoms with Gasteiger partial charge in [0.05, 0.1) is 0 Å². The molecular weight excluding hydrogens is 254 g/mol. The molecule has 1 nitrogen and oxygen atoms in total. The molecule has 1 aromatic carbocycles. The van der Waals surface area contributed by atoms with Crippen LogP contribution in [0, 0.1) is 0 Å². The van der Waals surface area contributed by atoms with Crippen molar-refractivity contribution >= 4 is 0 Å². The van der Waals surface area contributed by atoms with Crippen molar-refractivity contribution in [1.82, 2.24) is 4.90 Å². The maximum Gasteiger partial charge on any atom is 0.0348 e. The molecule has 0 aromatic heterocycles. The first-order valence-corrected chi connectivity index (χ1v) is 9.12. The van der Waals surface area contributed by atoms with Crippen LogP contribution in [0.1, 0.15) is 83.7 Å². The molecule has 0 aliphatic rings. The molecule has 0 fully saturated rings. The van der Waals surface area contributed by atoms with Crippen molar-refractivity contribution in [3.8, 4) is 0 Å². The van der Waals surface area contributed by atoms with E-state index in [9.17, 15) is 0 Å². The Morgan fingerprint density at radius 1 is 0.762 bits per heavy atom. The standard InChI is InChI=1S/C20H35N/c1-4-7-11-16-20(19-14-12-10-13-15-19)21(17-8-5-2)18-9-6-3/h10,12-15,20H,4-9,11,16-18H2,1-3H3. The van der Waals surface area contributed by atoms with Gasteiger partial charge in [-0.1, -0.05) is 83.2 Å². The SMILES string of the molecule is CCCCCC(c1ccccc1)N(CCCC)CCCC. The smallest absolute Gasteiger partial charge is 0.0348 e. The molecule has 0 aliphatic carbocycles. The minimum atomic E-state index is 0.621. The van der Waals surface area contributed by atoms with Gasteiger partial charge in [-0.2, -0.15) is 0 Å². The van der Waals surface area contributed by atoms with Gasteiger partial charge < -0.3 is 0 Å². The molecule has 0 aliphatic heterocycles. The van der Waals surface area contributed by atoms with Crippen molar-refractivity contribution in [2.45, 2.75) is 78.2 Å². The van der Waals surface area contributed by atoms with Crippen LogP contribution in [0.5, 0.6) is 0 Å². The fourth-order valence-electron chi connectivity index (χ4n) is 2.97. The molecule has 0 amide bonds. The van der Waals surface area contributed by atoms with E-state index in [1.165, 1.54) is 70.0 Å². The third-order valence-electron chi connectivity index (χ3n) is 4.30. The van der Waals surface area contributed by atoms with Gasteiger partial charge in [0.15, 0.2) is 0 Å². The highest BCUT2D eigenvalue weighted by atomic mass is 15.1. The Labute approximate surface area is 132 Å². The van der Waals surface area contributed by atoms with Crippen LogP contribution in [-0.4, -0.2) is 18.0 Å². The molecule has 0 saturated heterocycles. The lowest BCUT2D eigenvalue weighted by atomic mass is 9.98. The highest BCUT2D eigenvalue weighted by molar-refractivity contribution is 5.19. The molecule has 1 heteroatoms. The zero-order chi connectivity index (χ0) is 15.3. The second kappa shape index (κ2) is 11.8. The molecule has 0 saturated carbocycles. The van der Waals surface area contributed by atoms with E-state index in [2.05, 4.69) is 56.0 Å². The van der Waals surface area contributed by atoms with Crippen LogP contribution in [-0.2, 0) is 0 Å². The second-order valence-corrected chi connectivity index (χ2v) is 6.17. The van der Waals surface area contributed by atoms with Crippen molar-refractivity contribution in [3.05, 3.63) is 35.9 Å². The Morgan fingerprint density at radius 2 is 1.33 bits per heavy atom. The summed E-state index contributed by atoms with van der Waals surface area (Å²) in [4.78, 5) is 2.75. The lowest BCUT2D eigenvalue weighted by Crippen LogP contribution is -2.31. The van der Waals surface area contributed by atoms with E-state index in [0.717, 1.165) is 0 Å². The first kappa shape index (κ1) is 18.2. The van der Waals surface area contributed by atoms with Gasteiger partial charge in [-0.3, -0.25) is 4.90 Å². The van der Waals surface area contributed by atoms with Gasteiger partial charge >= 0.3 is 0 Å². The molecule has 0 spiro atoms. The summed E-state index contributed by atoms with van der Waals surface area (Å²) in [6, 6.07) is 11.8. The van der Waals surface area contributed by atoms with E-state index in [1.54, 1.807) is 0 Å². The summed E-state index contributed by atoms with van der Waals surface area (Å²) in [6.07, 6.45) is 10.6. The van der Waals surface area contributed by atoms with E-state index in [-0.39, 0.29) is 0 Å². The van der Waals surface area contributed by atoms with E-state index in [0.29, 0.717) is 6.04 Å². The summed E-state index contributed by atoms with van der Waals surface area (Å²) < 4.78 is 0. The van der Waals surface area contributed by atoms with Gasteiger partial charge in [-0.25, -0.2) is 0 Å². The zero-order valence-electron chi connectivity index (χ0n) is 14.5. The number of nitrogens with zero attached hydrogens (tertiary/aromatic N) is 1. The fraction of sp³-hybridized carbons (Fsp3) is 0.700. The average molecular weight is 290 g/mol. The number of unbranched alkanes of at least 4 members (excludes halogenated alkanes) is 4. The largest absolute Gasteiger partial charge is 0.296 e. The van der Waals surface area contributed by atoms with Crippen LogP contribution in [0.25, 0.3) is 0 Å². The highest BCUT2D eigenvalue weighted by Gasteiger charge is 2.18. The minimum absolute atomic E-state index is 0.621. The van der Waals surface area contributed by atoms with Gasteiger partial charge in [-0.05, 0) is 37.9 Å². The maximum atomic E-state index is 2.75. The average Bonchev–Trinajstić information content (AvgIpc) is 2.53. The monoisotopic (exact) mass is 289 g/mol. The molecule has 1 aromatic rings. The van der Waals surface area contributed by atoms with Crippen LogP contribution >= 0.6 is 0 Å². The summed E-state index contributed by atoms with van der Waals surface area (Å²) in [5.74, 6) is 0. The summed E-state index contributed by atoms with van der Waals surface area (Å²) in [5, 5.41) is 0. The summed E-state index contributed by atoms with van der Waals surface area (Å²) >= 11 is 0. The number of hydrogen-bond donors (Lipinski definition) is 0. The predicted molar refractivity (Wildman–Crippen MR) is 94.7 cm³/mol. The molecule has 0 radical (unpaired) electrons. The van der Waals surface area contributed by atoms with Crippen LogP contribution in [0.2, 0.25) is 0 Å². The summed E-state index contributed by atoms with van der Waals surface area (Å²) in [6.45, 7) is 9.40. The van der Waals surface area contributed by atoms with Gasteiger partial charge in [-0.15, -0.1) is 0 Å². The van der Waals surface area contributed by atoms with Crippen molar-refractivity contribution in [2.75, 3.05) is 13.1 Å². The lowest BCUT2D eigenvalue weighted by Gasteiger charge is -2.32. The first-order valence-electron chi connectivity index (χ1n) is 9.12. The Kier molecular flexibility index (Phi) is 10.2. The van der Waals surface area contributed by atoms with Gasteiger partial charge in [0.1, 0.15) is 0 Å². The molecule has 0 bridgehead atoms. The molecule has 1 unspecified atom stereocenters. The van der Waals surface area contributed by atoms with Crippen molar-refractivity contribution in [1.29, 1.82) is 0 Å². The van der Waals surface area contributed by atoms with E-state index in [1.807, 2.05) is 0 Å². The van der Waals surface area contributed by atoms with Gasteiger partial charge in [0, 0.05) is 6.04 Å². The second-order valence-electron chi connectivity index (χ2n) is 6.17. The Hall–Kier alpha value is -0.820. The summed E-state index contributed by atoms with van der Waals surface area (Å²) in [7, 11) is 0. The number of benzene rings is 1. The molecule has 0 heterocycles. The quantitative estimate of drug-likeness (QED) is 0.413. The lowest BCUT2D eigenvalue weighted by molar-refractivity contribution is 0.178. The maximum absolute atomic E-state index is 2.75. The van der Waals surface area contributed by atoms with Crippen LogP contribution in [0.4, 0.5) is 0 Å². The van der Waals surface area contributed by atoms with Crippen molar-refractivity contribution < 1.29 is 0 Å². The highest BCUT2D eigenvalue weighted by Crippen LogP contribution is 2.27. The third kappa shape index (κ3) is 7.13. The van der Waals surface area contributed by atoms with Crippen LogP contribution < -0.4 is 0 Å². The predicted octanol–water partition coefficient (Wildman–Crippen LogP) is 6.21. The fourth-order valence-corrected chi connectivity index (χ4v) is 2.97. The topological polar surface area (TPSA) is 3.24 Å². The molecule has 21 heavy (non-hydrogen) atoms. The van der Waals surface area contributed by atoms with E-state index < -0.39 is 0 Å². The molecule has 1 atom stereocenters. The Bertz CT molecular complexity index is 325. The zero-order valence-corrected chi connectivity index (χ0v) is 14.5. The Morgan fingerprint density at radius 3 is 1.86 bits per heavy atom. The Balaban J connectivity index is 2.77. The molecule has 0 N–H and O–H groups in total. The van der Waals surface area contributed by atoms with Crippen LogP contribution in [0.15, 0.2) is 30.3 Å². The minimum Gasteiger partial charge on any atom is -0.296 e.